The van der Waals surface area contributed by atoms with Crippen LogP contribution in [0.2, 0.25) is 5.02 Å². The fourth-order valence-electron chi connectivity index (χ4n) is 2.51. The van der Waals surface area contributed by atoms with E-state index in [1.165, 1.54) is 6.08 Å². The zero-order chi connectivity index (χ0) is 19.8. The Morgan fingerprint density at radius 3 is 2.61 bits per heavy atom. The number of halogens is 1. The lowest BCUT2D eigenvalue weighted by Crippen LogP contribution is -2.46. The van der Waals surface area contributed by atoms with Crippen molar-refractivity contribution in [2.24, 2.45) is 0 Å². The molecule has 1 aliphatic rings. The Kier molecular flexibility index (Phi) is 7.11. The summed E-state index contributed by atoms with van der Waals surface area (Å²) in [6.45, 7) is 1.70. The molecule has 0 saturated heterocycles. The Labute approximate surface area is 173 Å². The summed E-state index contributed by atoms with van der Waals surface area (Å²) >= 11 is 11.0. The standard InChI is InChI=1S/C20H20ClN3O3S/c21-16-5-1-14(2-6-16)9-10-22-20(28)24-23-19(25)8-4-15-3-7-17-18(13-15)27-12-11-26-17/h1-8,13H,9-12H2,(H,23,25)(H2,22,24,28)/b8-4+. The van der Waals surface area contributed by atoms with Crippen LogP contribution in [0.15, 0.2) is 48.5 Å². The van der Waals surface area contributed by atoms with Crippen molar-refractivity contribution >= 4 is 40.9 Å². The van der Waals surface area contributed by atoms with Crippen LogP contribution in [0, 0.1) is 0 Å². The van der Waals surface area contributed by atoms with E-state index in [0.29, 0.717) is 41.4 Å². The predicted molar refractivity (Wildman–Crippen MR) is 114 cm³/mol. The largest absolute Gasteiger partial charge is 0.486 e. The normalized spacial score (nSPS) is 12.5. The van der Waals surface area contributed by atoms with Gasteiger partial charge in [0.25, 0.3) is 5.91 Å². The number of thiocarbonyl (C=S) groups is 1. The lowest BCUT2D eigenvalue weighted by molar-refractivity contribution is -0.116. The molecule has 3 rings (SSSR count). The molecule has 0 aromatic heterocycles. The van der Waals surface area contributed by atoms with Crippen LogP contribution in [0.1, 0.15) is 11.1 Å². The first-order chi connectivity index (χ1) is 13.6. The van der Waals surface area contributed by atoms with Crippen LogP contribution in [0.25, 0.3) is 6.08 Å². The van der Waals surface area contributed by atoms with E-state index in [1.807, 2.05) is 42.5 Å². The molecule has 0 radical (unpaired) electrons. The molecular formula is C20H20ClN3O3S. The van der Waals surface area contributed by atoms with Crippen LogP contribution in [0.4, 0.5) is 0 Å². The highest BCUT2D eigenvalue weighted by Crippen LogP contribution is 2.31. The molecule has 0 spiro atoms. The molecule has 6 nitrogen and oxygen atoms in total. The molecule has 1 heterocycles. The summed E-state index contributed by atoms with van der Waals surface area (Å²) in [6.07, 6.45) is 3.89. The van der Waals surface area contributed by atoms with E-state index < -0.39 is 0 Å². The Balaban J connectivity index is 1.38. The minimum atomic E-state index is -0.322. The number of ether oxygens (including phenoxy) is 2. The lowest BCUT2D eigenvalue weighted by Gasteiger charge is -2.18. The minimum Gasteiger partial charge on any atom is -0.486 e. The molecule has 1 aliphatic heterocycles. The smallest absolute Gasteiger partial charge is 0.262 e. The Morgan fingerprint density at radius 1 is 1.07 bits per heavy atom. The van der Waals surface area contributed by atoms with Gasteiger partial charge in [0, 0.05) is 17.6 Å². The summed E-state index contributed by atoms with van der Waals surface area (Å²) in [4.78, 5) is 11.9. The van der Waals surface area contributed by atoms with Gasteiger partial charge in [0.1, 0.15) is 13.2 Å². The van der Waals surface area contributed by atoms with Crippen LogP contribution < -0.4 is 25.6 Å². The van der Waals surface area contributed by atoms with Gasteiger partial charge in [-0.3, -0.25) is 15.6 Å². The highest BCUT2D eigenvalue weighted by atomic mass is 35.5. The fraction of sp³-hybridized carbons (Fsp3) is 0.200. The first-order valence-electron chi connectivity index (χ1n) is 8.76. The predicted octanol–water partition coefficient (Wildman–Crippen LogP) is 2.86. The summed E-state index contributed by atoms with van der Waals surface area (Å²) < 4.78 is 11.0. The molecule has 8 heteroatoms. The van der Waals surface area contributed by atoms with E-state index in [1.54, 1.807) is 6.08 Å². The van der Waals surface area contributed by atoms with Crippen LogP contribution in [-0.4, -0.2) is 30.8 Å². The van der Waals surface area contributed by atoms with E-state index in [2.05, 4.69) is 16.2 Å². The molecule has 0 bridgehead atoms. The van der Waals surface area contributed by atoms with Gasteiger partial charge < -0.3 is 14.8 Å². The van der Waals surface area contributed by atoms with E-state index in [0.717, 1.165) is 17.5 Å². The molecule has 146 valence electrons. The molecule has 0 aliphatic carbocycles. The number of carbonyl (C=O) groups excluding carboxylic acids is 1. The number of hydrazine groups is 1. The number of hydrogen-bond donors (Lipinski definition) is 3. The van der Waals surface area contributed by atoms with Gasteiger partial charge in [-0.15, -0.1) is 0 Å². The van der Waals surface area contributed by atoms with Crippen LogP contribution >= 0.6 is 23.8 Å². The van der Waals surface area contributed by atoms with E-state index >= 15 is 0 Å². The van der Waals surface area contributed by atoms with E-state index in [9.17, 15) is 4.79 Å². The summed E-state index contributed by atoms with van der Waals surface area (Å²) in [5, 5.41) is 4.08. The van der Waals surface area contributed by atoms with Crippen LogP contribution in [0.3, 0.4) is 0 Å². The topological polar surface area (TPSA) is 71.6 Å². The average molecular weight is 418 g/mol. The zero-order valence-corrected chi connectivity index (χ0v) is 16.6. The number of nitrogens with one attached hydrogen (secondary N) is 3. The number of benzene rings is 2. The molecule has 0 unspecified atom stereocenters. The summed E-state index contributed by atoms with van der Waals surface area (Å²) in [7, 11) is 0. The Morgan fingerprint density at radius 2 is 1.82 bits per heavy atom. The Bertz CT molecular complexity index is 871. The molecule has 0 atom stereocenters. The highest BCUT2D eigenvalue weighted by molar-refractivity contribution is 7.80. The fourth-order valence-corrected chi connectivity index (χ4v) is 2.79. The maximum absolute atomic E-state index is 11.9. The number of fused-ring (bicyclic) bond motifs is 1. The average Bonchev–Trinajstić information content (AvgIpc) is 2.72. The molecule has 2 aromatic rings. The maximum Gasteiger partial charge on any atom is 0.262 e. The van der Waals surface area contributed by atoms with Gasteiger partial charge in [0.05, 0.1) is 0 Å². The van der Waals surface area contributed by atoms with Gasteiger partial charge in [-0.1, -0.05) is 29.8 Å². The van der Waals surface area contributed by atoms with Crippen LogP contribution in [-0.2, 0) is 11.2 Å². The second kappa shape index (κ2) is 9.96. The molecule has 1 amide bonds. The second-order valence-corrected chi connectivity index (χ2v) is 6.83. The minimum absolute atomic E-state index is 0.322. The van der Waals surface area contributed by atoms with Crippen molar-refractivity contribution in [3.63, 3.8) is 0 Å². The monoisotopic (exact) mass is 417 g/mol. The highest BCUT2D eigenvalue weighted by Gasteiger charge is 2.10. The number of amides is 1. The first kappa shape index (κ1) is 20.0. The molecule has 2 aromatic carbocycles. The number of hydrogen-bond acceptors (Lipinski definition) is 4. The summed E-state index contributed by atoms with van der Waals surface area (Å²) in [5.74, 6) is 1.07. The summed E-state index contributed by atoms with van der Waals surface area (Å²) in [6, 6.07) is 13.1. The SMILES string of the molecule is O=C(/C=C/c1ccc2c(c1)OCCO2)NNC(=S)NCCc1ccc(Cl)cc1. The van der Waals surface area contributed by atoms with Crippen molar-refractivity contribution in [3.8, 4) is 11.5 Å². The number of carbonyl (C=O) groups is 1. The molecule has 3 N–H and O–H groups in total. The van der Waals surface area contributed by atoms with Gasteiger partial charge in [-0.2, -0.15) is 0 Å². The second-order valence-electron chi connectivity index (χ2n) is 5.98. The van der Waals surface area contributed by atoms with E-state index in [-0.39, 0.29) is 5.91 Å². The van der Waals surface area contributed by atoms with Crippen molar-refractivity contribution in [2.75, 3.05) is 19.8 Å². The van der Waals surface area contributed by atoms with Gasteiger partial charge in [-0.05, 0) is 60.1 Å². The van der Waals surface area contributed by atoms with Gasteiger partial charge in [-0.25, -0.2) is 0 Å². The third-order valence-electron chi connectivity index (χ3n) is 3.91. The number of rotatable bonds is 5. The third-order valence-corrected chi connectivity index (χ3v) is 4.40. The zero-order valence-electron chi connectivity index (χ0n) is 15.0. The van der Waals surface area contributed by atoms with Crippen molar-refractivity contribution in [3.05, 3.63) is 64.7 Å². The van der Waals surface area contributed by atoms with Gasteiger partial charge in [0.2, 0.25) is 0 Å². The Hall–Kier alpha value is -2.77. The lowest BCUT2D eigenvalue weighted by atomic mass is 10.1. The van der Waals surface area contributed by atoms with Crippen molar-refractivity contribution in [2.45, 2.75) is 6.42 Å². The van der Waals surface area contributed by atoms with Gasteiger partial charge in [0.15, 0.2) is 16.6 Å². The van der Waals surface area contributed by atoms with Gasteiger partial charge >= 0.3 is 0 Å². The maximum atomic E-state index is 11.9. The van der Waals surface area contributed by atoms with Crippen LogP contribution in [0.5, 0.6) is 11.5 Å². The van der Waals surface area contributed by atoms with Crippen molar-refractivity contribution in [1.29, 1.82) is 0 Å². The third kappa shape index (κ3) is 6.14. The first-order valence-corrected chi connectivity index (χ1v) is 9.55. The quantitative estimate of drug-likeness (QED) is 0.395. The molecule has 0 saturated carbocycles. The molecular weight excluding hydrogens is 398 g/mol. The van der Waals surface area contributed by atoms with E-state index in [4.69, 9.17) is 33.3 Å². The summed E-state index contributed by atoms with van der Waals surface area (Å²) in [5.41, 5.74) is 7.17. The molecule has 0 fully saturated rings. The van der Waals surface area contributed by atoms with Crippen molar-refractivity contribution in [1.82, 2.24) is 16.2 Å². The molecule has 28 heavy (non-hydrogen) atoms. The van der Waals surface area contributed by atoms with Crippen molar-refractivity contribution < 1.29 is 14.3 Å².